The number of rotatable bonds is 7. The molecule has 0 aliphatic rings. The summed E-state index contributed by atoms with van der Waals surface area (Å²) >= 11 is 0. The highest BCUT2D eigenvalue weighted by Gasteiger charge is 2.11. The summed E-state index contributed by atoms with van der Waals surface area (Å²) in [5.74, 6) is 0.444. The number of carbonyl (C=O) groups excluding carboxylic acids is 2. The van der Waals surface area contributed by atoms with Crippen LogP contribution in [0.15, 0.2) is 48.8 Å². The van der Waals surface area contributed by atoms with Crippen molar-refractivity contribution in [2.45, 2.75) is 19.8 Å². The highest BCUT2D eigenvalue weighted by Crippen LogP contribution is 2.20. The Kier molecular flexibility index (Phi) is 5.31. The average Bonchev–Trinajstić information content (AvgIpc) is 3.04. The monoisotopic (exact) mass is 351 g/mol. The first-order valence-corrected chi connectivity index (χ1v) is 8.44. The number of benzene rings is 1. The molecule has 0 saturated heterocycles. The van der Waals surface area contributed by atoms with Gasteiger partial charge in [0.25, 0.3) is 0 Å². The van der Waals surface area contributed by atoms with Gasteiger partial charge in [-0.25, -0.2) is 4.98 Å². The number of nitrogens with zero attached hydrogens (tertiary/aromatic N) is 2. The van der Waals surface area contributed by atoms with Gasteiger partial charge in [0.2, 0.25) is 5.91 Å². The Morgan fingerprint density at radius 1 is 1.23 bits per heavy atom. The summed E-state index contributed by atoms with van der Waals surface area (Å²) in [5.41, 5.74) is 3.08. The first-order valence-electron chi connectivity index (χ1n) is 8.44. The Morgan fingerprint density at radius 3 is 2.81 bits per heavy atom. The zero-order valence-corrected chi connectivity index (χ0v) is 14.9. The second kappa shape index (κ2) is 7.82. The quantitative estimate of drug-likeness (QED) is 0.664. The van der Waals surface area contributed by atoms with E-state index in [1.807, 2.05) is 35.0 Å². The third-order valence-corrected chi connectivity index (χ3v) is 4.16. The van der Waals surface area contributed by atoms with Crippen LogP contribution in [0.5, 0.6) is 5.75 Å². The van der Waals surface area contributed by atoms with Gasteiger partial charge in [-0.15, -0.1) is 0 Å². The summed E-state index contributed by atoms with van der Waals surface area (Å²) in [4.78, 5) is 28.3. The smallest absolute Gasteiger partial charge is 0.224 e. The zero-order chi connectivity index (χ0) is 18.5. The van der Waals surface area contributed by atoms with Crippen LogP contribution < -0.4 is 10.1 Å². The lowest BCUT2D eigenvalue weighted by Crippen LogP contribution is -2.27. The number of hydrogen-bond acceptors (Lipinski definition) is 4. The molecule has 2 heterocycles. The van der Waals surface area contributed by atoms with Gasteiger partial charge in [0.05, 0.1) is 19.2 Å². The van der Waals surface area contributed by atoms with Crippen LogP contribution in [-0.4, -0.2) is 34.7 Å². The molecule has 0 saturated carbocycles. The number of fused-ring (bicyclic) bond motifs is 1. The first-order chi connectivity index (χ1) is 12.6. The van der Waals surface area contributed by atoms with E-state index in [4.69, 9.17) is 4.74 Å². The van der Waals surface area contributed by atoms with Crippen LogP contribution in [0.25, 0.3) is 5.65 Å². The van der Waals surface area contributed by atoms with Crippen LogP contribution in [0.3, 0.4) is 0 Å². The molecular weight excluding hydrogens is 330 g/mol. The normalized spacial score (nSPS) is 10.7. The van der Waals surface area contributed by atoms with Gasteiger partial charge in [0.1, 0.15) is 11.4 Å². The number of Topliss-reactive ketones (excluding diaryl/α,β-unsaturated/α-hetero) is 1. The van der Waals surface area contributed by atoms with Crippen LogP contribution in [0.2, 0.25) is 0 Å². The Bertz CT molecular complexity index is 913. The van der Waals surface area contributed by atoms with Crippen molar-refractivity contribution in [3.8, 4) is 5.75 Å². The molecule has 3 rings (SSSR count). The fraction of sp³-hybridized carbons (Fsp3) is 0.250. The molecule has 0 aliphatic heterocycles. The molecule has 2 aromatic heterocycles. The van der Waals surface area contributed by atoms with Gasteiger partial charge in [-0.3, -0.25) is 9.59 Å². The molecule has 0 fully saturated rings. The van der Waals surface area contributed by atoms with E-state index in [2.05, 4.69) is 10.3 Å². The number of pyridine rings is 1. The van der Waals surface area contributed by atoms with E-state index in [-0.39, 0.29) is 18.1 Å². The minimum absolute atomic E-state index is 0.0406. The van der Waals surface area contributed by atoms with Gasteiger partial charge in [0.15, 0.2) is 5.78 Å². The Hall–Kier alpha value is -3.15. The van der Waals surface area contributed by atoms with Crippen LogP contribution in [0.4, 0.5) is 0 Å². The van der Waals surface area contributed by atoms with Crippen molar-refractivity contribution in [2.24, 2.45) is 0 Å². The van der Waals surface area contributed by atoms with Crippen molar-refractivity contribution in [3.63, 3.8) is 0 Å². The number of ether oxygens (including phenoxy) is 1. The standard InChI is InChI=1S/C20H21N3O3/c1-14(24)15-6-7-18(26-2)16(11-15)12-20(25)21-9-8-17-13-23-10-4-3-5-19(23)22-17/h3-7,10-11,13H,8-9,12H2,1-2H3,(H,21,25). The van der Waals surface area contributed by atoms with Crippen molar-refractivity contribution in [1.29, 1.82) is 0 Å². The fourth-order valence-corrected chi connectivity index (χ4v) is 2.81. The molecule has 0 unspecified atom stereocenters. The molecule has 0 atom stereocenters. The number of nitrogens with one attached hydrogen (secondary N) is 1. The van der Waals surface area contributed by atoms with Crippen molar-refractivity contribution in [2.75, 3.05) is 13.7 Å². The Morgan fingerprint density at radius 2 is 2.08 bits per heavy atom. The van der Waals surface area contributed by atoms with Gasteiger partial charge in [-0.05, 0) is 37.3 Å². The zero-order valence-electron chi connectivity index (χ0n) is 14.9. The summed E-state index contributed by atoms with van der Waals surface area (Å²) in [6.07, 6.45) is 4.72. The summed E-state index contributed by atoms with van der Waals surface area (Å²) in [6, 6.07) is 11.0. The van der Waals surface area contributed by atoms with E-state index in [9.17, 15) is 9.59 Å². The summed E-state index contributed by atoms with van der Waals surface area (Å²) in [6.45, 7) is 2.00. The summed E-state index contributed by atoms with van der Waals surface area (Å²) in [5, 5.41) is 2.90. The molecule has 1 N–H and O–H groups in total. The van der Waals surface area contributed by atoms with E-state index in [1.165, 1.54) is 6.92 Å². The second-order valence-electron chi connectivity index (χ2n) is 6.06. The minimum Gasteiger partial charge on any atom is -0.496 e. The lowest BCUT2D eigenvalue weighted by Gasteiger charge is -2.10. The number of carbonyl (C=O) groups is 2. The molecule has 0 spiro atoms. The SMILES string of the molecule is COc1ccc(C(C)=O)cc1CC(=O)NCCc1cn2ccccc2n1. The molecule has 1 amide bonds. The number of aromatic nitrogens is 2. The number of imidazole rings is 1. The van der Waals surface area contributed by atoms with Crippen molar-refractivity contribution in [1.82, 2.24) is 14.7 Å². The molecule has 0 aliphatic carbocycles. The van der Waals surface area contributed by atoms with Gasteiger partial charge >= 0.3 is 0 Å². The highest BCUT2D eigenvalue weighted by molar-refractivity contribution is 5.94. The van der Waals surface area contributed by atoms with Crippen molar-refractivity contribution < 1.29 is 14.3 Å². The van der Waals surface area contributed by atoms with Gasteiger partial charge in [0, 0.05) is 36.5 Å². The van der Waals surface area contributed by atoms with Crippen LogP contribution in [-0.2, 0) is 17.6 Å². The Labute approximate surface area is 151 Å². The number of amides is 1. The molecule has 1 aromatic carbocycles. The average molecular weight is 351 g/mol. The maximum atomic E-state index is 12.2. The third kappa shape index (κ3) is 4.08. The number of methoxy groups -OCH3 is 1. The molecule has 0 bridgehead atoms. The first kappa shape index (κ1) is 17.7. The molecule has 6 heteroatoms. The van der Waals surface area contributed by atoms with Gasteiger partial charge in [-0.2, -0.15) is 0 Å². The van der Waals surface area contributed by atoms with E-state index in [1.54, 1.807) is 25.3 Å². The maximum absolute atomic E-state index is 12.2. The second-order valence-corrected chi connectivity index (χ2v) is 6.06. The fourth-order valence-electron chi connectivity index (χ4n) is 2.81. The highest BCUT2D eigenvalue weighted by atomic mass is 16.5. The van der Waals surface area contributed by atoms with Crippen LogP contribution >= 0.6 is 0 Å². The maximum Gasteiger partial charge on any atom is 0.224 e. The van der Waals surface area contributed by atoms with Crippen LogP contribution in [0.1, 0.15) is 28.5 Å². The largest absolute Gasteiger partial charge is 0.496 e. The van der Waals surface area contributed by atoms with Crippen molar-refractivity contribution in [3.05, 3.63) is 65.6 Å². The van der Waals surface area contributed by atoms with Gasteiger partial charge < -0.3 is 14.5 Å². The lowest BCUT2D eigenvalue weighted by atomic mass is 10.0. The third-order valence-electron chi connectivity index (χ3n) is 4.16. The predicted octanol–water partition coefficient (Wildman–Crippen LogP) is 2.45. The minimum atomic E-state index is -0.118. The topological polar surface area (TPSA) is 72.7 Å². The van der Waals surface area contributed by atoms with Crippen molar-refractivity contribution >= 4 is 17.3 Å². The number of ketones is 1. The Balaban J connectivity index is 1.58. The van der Waals surface area contributed by atoms with Crippen LogP contribution in [0, 0.1) is 0 Å². The van der Waals surface area contributed by atoms with E-state index in [0.717, 1.165) is 11.3 Å². The van der Waals surface area contributed by atoms with E-state index in [0.29, 0.717) is 29.8 Å². The predicted molar refractivity (Wildman–Crippen MR) is 98.6 cm³/mol. The summed E-state index contributed by atoms with van der Waals surface area (Å²) < 4.78 is 7.24. The number of hydrogen-bond donors (Lipinski definition) is 1. The molecule has 26 heavy (non-hydrogen) atoms. The lowest BCUT2D eigenvalue weighted by molar-refractivity contribution is -0.120. The summed E-state index contributed by atoms with van der Waals surface area (Å²) in [7, 11) is 1.55. The van der Waals surface area contributed by atoms with Gasteiger partial charge in [-0.1, -0.05) is 6.07 Å². The molecule has 6 nitrogen and oxygen atoms in total. The van der Waals surface area contributed by atoms with E-state index < -0.39 is 0 Å². The molecular formula is C20H21N3O3. The van der Waals surface area contributed by atoms with E-state index >= 15 is 0 Å². The molecule has 0 radical (unpaired) electrons. The molecule has 134 valence electrons. The molecule has 3 aromatic rings.